The molecule has 1 atom stereocenters. The van der Waals surface area contributed by atoms with E-state index in [0.29, 0.717) is 5.92 Å². The highest BCUT2D eigenvalue weighted by atomic mass is 16.1. The molecule has 0 bridgehead atoms. The third kappa shape index (κ3) is 4.12. The Kier molecular flexibility index (Phi) is 6.35. The summed E-state index contributed by atoms with van der Waals surface area (Å²) in [6.07, 6.45) is 7.79. The van der Waals surface area contributed by atoms with E-state index in [4.69, 9.17) is 0 Å². The lowest BCUT2D eigenvalue weighted by molar-refractivity contribution is -0.105. The van der Waals surface area contributed by atoms with Gasteiger partial charge in [0.25, 0.3) is 0 Å². The number of aldehydes is 1. The lowest BCUT2D eigenvalue weighted by Crippen LogP contribution is -1.95. The molecule has 0 rings (SSSR count). The number of rotatable bonds is 6. The van der Waals surface area contributed by atoms with Gasteiger partial charge in [0.15, 0.2) is 0 Å². The molecule has 0 saturated carbocycles. The van der Waals surface area contributed by atoms with Gasteiger partial charge in [-0.25, -0.2) is 0 Å². The standard InChI is InChI=1S/C11H18O/c1-4-7-10(5-2)8-11(6-3)9-12/h4,8-10H,1,5-7H2,2-3H3/b11-8-. The Balaban J connectivity index is 4.20. The van der Waals surface area contributed by atoms with Gasteiger partial charge in [0.1, 0.15) is 6.29 Å². The molecule has 12 heavy (non-hydrogen) atoms. The van der Waals surface area contributed by atoms with Gasteiger partial charge in [0, 0.05) is 0 Å². The SMILES string of the molecule is C=CCC(/C=C(\C=O)CC)CC. The largest absolute Gasteiger partial charge is 0.298 e. The molecule has 0 aromatic heterocycles. The molecule has 0 heterocycles. The van der Waals surface area contributed by atoms with Crippen LogP contribution in [0.15, 0.2) is 24.3 Å². The van der Waals surface area contributed by atoms with Crippen LogP contribution in [0.3, 0.4) is 0 Å². The normalized spacial score (nSPS) is 14.0. The van der Waals surface area contributed by atoms with Gasteiger partial charge in [-0.3, -0.25) is 4.79 Å². The van der Waals surface area contributed by atoms with E-state index in [9.17, 15) is 4.79 Å². The van der Waals surface area contributed by atoms with Crippen LogP contribution >= 0.6 is 0 Å². The van der Waals surface area contributed by atoms with Gasteiger partial charge in [-0.05, 0) is 30.8 Å². The first-order chi connectivity index (χ1) is 5.78. The molecule has 68 valence electrons. The summed E-state index contributed by atoms with van der Waals surface area (Å²) in [6, 6.07) is 0. The summed E-state index contributed by atoms with van der Waals surface area (Å²) in [5.74, 6) is 0.489. The fourth-order valence-corrected chi connectivity index (χ4v) is 1.11. The first kappa shape index (κ1) is 11.2. The minimum absolute atomic E-state index is 0.489. The Morgan fingerprint density at radius 3 is 2.50 bits per heavy atom. The molecule has 0 radical (unpaired) electrons. The number of carbonyl (C=O) groups is 1. The summed E-state index contributed by atoms with van der Waals surface area (Å²) in [7, 11) is 0. The fourth-order valence-electron chi connectivity index (χ4n) is 1.11. The average Bonchev–Trinajstić information content (AvgIpc) is 2.12. The fraction of sp³-hybridized carbons (Fsp3) is 0.545. The van der Waals surface area contributed by atoms with E-state index in [1.807, 2.05) is 13.0 Å². The van der Waals surface area contributed by atoms with Crippen molar-refractivity contribution in [3.63, 3.8) is 0 Å². The van der Waals surface area contributed by atoms with Crippen LogP contribution in [0.4, 0.5) is 0 Å². The first-order valence-electron chi connectivity index (χ1n) is 4.55. The highest BCUT2D eigenvalue weighted by molar-refractivity contribution is 5.72. The molecule has 0 saturated heterocycles. The maximum Gasteiger partial charge on any atom is 0.145 e. The Morgan fingerprint density at radius 1 is 1.50 bits per heavy atom. The number of allylic oxidation sites excluding steroid dienone is 3. The van der Waals surface area contributed by atoms with Crippen LogP contribution in [0.2, 0.25) is 0 Å². The van der Waals surface area contributed by atoms with E-state index in [1.165, 1.54) is 0 Å². The molecule has 1 nitrogen and oxygen atoms in total. The van der Waals surface area contributed by atoms with Crippen molar-refractivity contribution in [2.24, 2.45) is 5.92 Å². The molecule has 0 aliphatic carbocycles. The minimum Gasteiger partial charge on any atom is -0.298 e. The Bertz CT molecular complexity index is 168. The van der Waals surface area contributed by atoms with Gasteiger partial charge >= 0.3 is 0 Å². The van der Waals surface area contributed by atoms with Crippen LogP contribution in [0, 0.1) is 5.92 Å². The summed E-state index contributed by atoms with van der Waals surface area (Å²) >= 11 is 0. The molecular weight excluding hydrogens is 148 g/mol. The number of carbonyl (C=O) groups excluding carboxylic acids is 1. The summed E-state index contributed by atoms with van der Waals surface area (Å²) < 4.78 is 0. The average molecular weight is 166 g/mol. The second-order valence-electron chi connectivity index (χ2n) is 2.91. The monoisotopic (exact) mass is 166 g/mol. The van der Waals surface area contributed by atoms with Gasteiger partial charge in [-0.2, -0.15) is 0 Å². The minimum atomic E-state index is 0.489. The number of hydrogen-bond acceptors (Lipinski definition) is 1. The number of hydrogen-bond donors (Lipinski definition) is 0. The second-order valence-corrected chi connectivity index (χ2v) is 2.91. The van der Waals surface area contributed by atoms with Crippen LogP contribution in [0.5, 0.6) is 0 Å². The van der Waals surface area contributed by atoms with E-state index in [2.05, 4.69) is 19.6 Å². The van der Waals surface area contributed by atoms with E-state index >= 15 is 0 Å². The zero-order valence-corrected chi connectivity index (χ0v) is 8.05. The Morgan fingerprint density at radius 2 is 2.17 bits per heavy atom. The smallest absolute Gasteiger partial charge is 0.145 e. The van der Waals surface area contributed by atoms with Gasteiger partial charge in [-0.15, -0.1) is 6.58 Å². The van der Waals surface area contributed by atoms with Crippen molar-refractivity contribution < 1.29 is 4.79 Å². The second kappa shape index (κ2) is 6.84. The maximum atomic E-state index is 10.5. The Hall–Kier alpha value is -0.850. The summed E-state index contributed by atoms with van der Waals surface area (Å²) in [6.45, 7) is 7.82. The van der Waals surface area contributed by atoms with E-state index in [-0.39, 0.29) is 0 Å². The van der Waals surface area contributed by atoms with Gasteiger partial charge < -0.3 is 0 Å². The summed E-state index contributed by atoms with van der Waals surface area (Å²) in [5.41, 5.74) is 0.906. The molecule has 0 aliphatic heterocycles. The predicted octanol–water partition coefficient (Wildman–Crippen LogP) is 3.12. The lowest BCUT2D eigenvalue weighted by Gasteiger charge is -2.07. The molecule has 0 aromatic carbocycles. The van der Waals surface area contributed by atoms with Crippen molar-refractivity contribution in [1.82, 2.24) is 0 Å². The molecule has 0 aromatic rings. The maximum absolute atomic E-state index is 10.5. The molecule has 0 spiro atoms. The van der Waals surface area contributed by atoms with Crippen molar-refractivity contribution in [2.75, 3.05) is 0 Å². The van der Waals surface area contributed by atoms with E-state index in [0.717, 1.165) is 31.1 Å². The van der Waals surface area contributed by atoms with Crippen LogP contribution in [-0.4, -0.2) is 6.29 Å². The summed E-state index contributed by atoms with van der Waals surface area (Å²) in [4.78, 5) is 10.5. The molecule has 0 amide bonds. The van der Waals surface area contributed by atoms with E-state index < -0.39 is 0 Å². The third-order valence-corrected chi connectivity index (χ3v) is 2.00. The van der Waals surface area contributed by atoms with Crippen molar-refractivity contribution in [3.8, 4) is 0 Å². The zero-order chi connectivity index (χ0) is 9.40. The van der Waals surface area contributed by atoms with Crippen LogP contribution in [-0.2, 0) is 4.79 Å². The molecule has 1 unspecified atom stereocenters. The Labute approximate surface area is 75.2 Å². The van der Waals surface area contributed by atoms with Crippen LogP contribution in [0.25, 0.3) is 0 Å². The molecular formula is C11H18O. The van der Waals surface area contributed by atoms with Gasteiger partial charge in [0.05, 0.1) is 0 Å². The molecule has 0 aliphatic rings. The third-order valence-electron chi connectivity index (χ3n) is 2.00. The molecule has 1 heteroatoms. The van der Waals surface area contributed by atoms with Crippen LogP contribution in [0.1, 0.15) is 33.1 Å². The first-order valence-corrected chi connectivity index (χ1v) is 4.55. The lowest BCUT2D eigenvalue weighted by atomic mass is 9.99. The summed E-state index contributed by atoms with van der Waals surface area (Å²) in [5, 5.41) is 0. The van der Waals surface area contributed by atoms with Crippen molar-refractivity contribution >= 4 is 6.29 Å². The highest BCUT2D eigenvalue weighted by Crippen LogP contribution is 2.13. The van der Waals surface area contributed by atoms with Gasteiger partial charge in [-0.1, -0.05) is 26.0 Å². The van der Waals surface area contributed by atoms with Crippen molar-refractivity contribution in [3.05, 3.63) is 24.3 Å². The van der Waals surface area contributed by atoms with Crippen molar-refractivity contribution in [1.29, 1.82) is 0 Å². The topological polar surface area (TPSA) is 17.1 Å². The quantitative estimate of drug-likeness (QED) is 0.336. The zero-order valence-electron chi connectivity index (χ0n) is 8.05. The van der Waals surface area contributed by atoms with E-state index in [1.54, 1.807) is 0 Å². The van der Waals surface area contributed by atoms with Crippen molar-refractivity contribution in [2.45, 2.75) is 33.1 Å². The van der Waals surface area contributed by atoms with Crippen LogP contribution < -0.4 is 0 Å². The highest BCUT2D eigenvalue weighted by Gasteiger charge is 2.01. The predicted molar refractivity (Wildman–Crippen MR) is 53.0 cm³/mol. The molecule has 0 N–H and O–H groups in total. The van der Waals surface area contributed by atoms with Gasteiger partial charge in [0.2, 0.25) is 0 Å². The molecule has 0 fully saturated rings.